The molecule has 0 radical (unpaired) electrons. The standard InChI is InChI=1S/C17H23N/c1-3-9-17-13-8-12-16(4-2)18(17)14-15-10-6-5-7-11-15/h3-7,10-11,16-17H,1-2,8-9,12-14H2. The van der Waals surface area contributed by atoms with Crippen LogP contribution in [-0.2, 0) is 6.54 Å². The monoisotopic (exact) mass is 241 g/mol. The number of hydrogen-bond acceptors (Lipinski definition) is 1. The summed E-state index contributed by atoms with van der Waals surface area (Å²) < 4.78 is 0. The molecule has 2 unspecified atom stereocenters. The van der Waals surface area contributed by atoms with E-state index in [0.29, 0.717) is 12.1 Å². The first kappa shape index (κ1) is 13.1. The van der Waals surface area contributed by atoms with Gasteiger partial charge in [-0.1, -0.05) is 48.9 Å². The van der Waals surface area contributed by atoms with Crippen LogP contribution in [0.1, 0.15) is 31.2 Å². The first-order chi connectivity index (χ1) is 8.85. The van der Waals surface area contributed by atoms with Crippen molar-refractivity contribution in [2.24, 2.45) is 0 Å². The number of rotatable bonds is 5. The molecule has 0 aliphatic carbocycles. The van der Waals surface area contributed by atoms with Gasteiger partial charge in [-0.25, -0.2) is 0 Å². The Morgan fingerprint density at radius 2 is 1.94 bits per heavy atom. The number of likely N-dealkylation sites (tertiary alicyclic amines) is 1. The summed E-state index contributed by atoms with van der Waals surface area (Å²) in [6, 6.07) is 11.9. The lowest BCUT2D eigenvalue weighted by atomic mass is 9.93. The summed E-state index contributed by atoms with van der Waals surface area (Å²) in [6.07, 6.45) is 9.07. The molecule has 0 saturated carbocycles. The third-order valence-corrected chi connectivity index (χ3v) is 3.85. The van der Waals surface area contributed by atoms with Gasteiger partial charge in [0.25, 0.3) is 0 Å². The quantitative estimate of drug-likeness (QED) is 0.699. The van der Waals surface area contributed by atoms with E-state index >= 15 is 0 Å². The highest BCUT2D eigenvalue weighted by Crippen LogP contribution is 2.27. The van der Waals surface area contributed by atoms with Crippen LogP contribution >= 0.6 is 0 Å². The second-order valence-corrected chi connectivity index (χ2v) is 5.07. The van der Waals surface area contributed by atoms with Gasteiger partial charge in [0, 0.05) is 18.6 Å². The third-order valence-electron chi connectivity index (χ3n) is 3.85. The van der Waals surface area contributed by atoms with E-state index in [1.54, 1.807) is 0 Å². The van der Waals surface area contributed by atoms with E-state index in [-0.39, 0.29) is 0 Å². The fourth-order valence-corrected chi connectivity index (χ4v) is 2.90. The minimum atomic E-state index is 0.518. The molecule has 0 bridgehead atoms. The van der Waals surface area contributed by atoms with Crippen molar-refractivity contribution in [1.82, 2.24) is 4.90 Å². The zero-order chi connectivity index (χ0) is 12.8. The molecule has 1 heterocycles. The summed E-state index contributed by atoms with van der Waals surface area (Å²) in [5.74, 6) is 0. The zero-order valence-electron chi connectivity index (χ0n) is 11.1. The van der Waals surface area contributed by atoms with E-state index < -0.39 is 0 Å². The number of benzene rings is 1. The summed E-state index contributed by atoms with van der Waals surface area (Å²) in [7, 11) is 0. The SMILES string of the molecule is C=CCC1CCCC(C=C)N1Cc1ccccc1. The van der Waals surface area contributed by atoms with Crippen molar-refractivity contribution in [2.75, 3.05) is 0 Å². The first-order valence-electron chi connectivity index (χ1n) is 6.88. The van der Waals surface area contributed by atoms with Gasteiger partial charge in [0.15, 0.2) is 0 Å². The molecule has 2 atom stereocenters. The van der Waals surface area contributed by atoms with Crippen LogP contribution < -0.4 is 0 Å². The fraction of sp³-hybridized carbons (Fsp3) is 0.412. The zero-order valence-corrected chi connectivity index (χ0v) is 11.1. The Labute approximate surface area is 111 Å². The first-order valence-corrected chi connectivity index (χ1v) is 6.88. The van der Waals surface area contributed by atoms with Crippen molar-refractivity contribution >= 4 is 0 Å². The lowest BCUT2D eigenvalue weighted by Crippen LogP contribution is -2.44. The van der Waals surface area contributed by atoms with Crippen LogP contribution in [0.2, 0.25) is 0 Å². The molecule has 1 nitrogen and oxygen atoms in total. The molecular weight excluding hydrogens is 218 g/mol. The van der Waals surface area contributed by atoms with Crippen molar-refractivity contribution in [2.45, 2.75) is 44.3 Å². The molecule has 1 aromatic rings. The van der Waals surface area contributed by atoms with E-state index in [1.165, 1.54) is 24.8 Å². The van der Waals surface area contributed by atoms with E-state index in [4.69, 9.17) is 0 Å². The maximum atomic E-state index is 4.00. The van der Waals surface area contributed by atoms with Crippen LogP contribution in [0.3, 0.4) is 0 Å². The molecule has 0 aromatic heterocycles. The molecule has 1 aliphatic rings. The van der Waals surface area contributed by atoms with Gasteiger partial charge in [-0.3, -0.25) is 4.90 Å². The summed E-state index contributed by atoms with van der Waals surface area (Å²) in [6.45, 7) is 8.92. The highest BCUT2D eigenvalue weighted by Gasteiger charge is 2.27. The molecule has 18 heavy (non-hydrogen) atoms. The van der Waals surface area contributed by atoms with E-state index in [9.17, 15) is 0 Å². The third kappa shape index (κ3) is 3.11. The minimum absolute atomic E-state index is 0.518. The Morgan fingerprint density at radius 3 is 2.61 bits per heavy atom. The number of piperidine rings is 1. The predicted molar refractivity (Wildman–Crippen MR) is 78.4 cm³/mol. The lowest BCUT2D eigenvalue weighted by molar-refractivity contribution is 0.101. The van der Waals surface area contributed by atoms with Crippen LogP contribution in [-0.4, -0.2) is 17.0 Å². The van der Waals surface area contributed by atoms with E-state index in [2.05, 4.69) is 54.5 Å². The van der Waals surface area contributed by atoms with Gasteiger partial charge in [-0.05, 0) is 24.8 Å². The van der Waals surface area contributed by atoms with Gasteiger partial charge in [0.1, 0.15) is 0 Å². The van der Waals surface area contributed by atoms with Crippen LogP contribution in [0.5, 0.6) is 0 Å². The molecule has 1 aliphatic heterocycles. The smallest absolute Gasteiger partial charge is 0.0282 e. The maximum absolute atomic E-state index is 4.00. The second-order valence-electron chi connectivity index (χ2n) is 5.07. The molecule has 0 N–H and O–H groups in total. The molecule has 1 heteroatoms. The molecule has 96 valence electrons. The van der Waals surface area contributed by atoms with Gasteiger partial charge in [-0.15, -0.1) is 13.2 Å². The molecule has 0 spiro atoms. The minimum Gasteiger partial charge on any atom is -0.289 e. The molecule has 2 rings (SSSR count). The molecule has 1 saturated heterocycles. The van der Waals surface area contributed by atoms with Gasteiger partial charge in [0.05, 0.1) is 0 Å². The van der Waals surface area contributed by atoms with Crippen molar-refractivity contribution in [3.63, 3.8) is 0 Å². The number of nitrogens with zero attached hydrogens (tertiary/aromatic N) is 1. The average Bonchev–Trinajstić information content (AvgIpc) is 2.42. The molecular formula is C17H23N. The highest BCUT2D eigenvalue weighted by atomic mass is 15.2. The summed E-state index contributed by atoms with van der Waals surface area (Å²) in [5, 5.41) is 0. The molecule has 1 aromatic carbocycles. The van der Waals surface area contributed by atoms with Crippen molar-refractivity contribution < 1.29 is 0 Å². The van der Waals surface area contributed by atoms with Crippen molar-refractivity contribution in [3.8, 4) is 0 Å². The Hall–Kier alpha value is -1.34. The Kier molecular flexibility index (Phi) is 4.77. The van der Waals surface area contributed by atoms with Gasteiger partial charge >= 0.3 is 0 Å². The van der Waals surface area contributed by atoms with Gasteiger partial charge in [-0.2, -0.15) is 0 Å². The summed E-state index contributed by atoms with van der Waals surface area (Å²) in [5.41, 5.74) is 1.39. The van der Waals surface area contributed by atoms with Crippen molar-refractivity contribution in [3.05, 3.63) is 61.2 Å². The second kappa shape index (κ2) is 6.55. The summed E-state index contributed by atoms with van der Waals surface area (Å²) >= 11 is 0. The van der Waals surface area contributed by atoms with Crippen LogP contribution in [0.15, 0.2) is 55.6 Å². The fourth-order valence-electron chi connectivity index (χ4n) is 2.90. The van der Waals surface area contributed by atoms with Gasteiger partial charge in [0.2, 0.25) is 0 Å². The van der Waals surface area contributed by atoms with Crippen LogP contribution in [0.4, 0.5) is 0 Å². The van der Waals surface area contributed by atoms with Gasteiger partial charge < -0.3 is 0 Å². The normalized spacial score (nSPS) is 24.7. The molecule has 1 fully saturated rings. The topological polar surface area (TPSA) is 3.24 Å². The average molecular weight is 241 g/mol. The highest BCUT2D eigenvalue weighted by molar-refractivity contribution is 5.15. The Balaban J connectivity index is 2.12. The number of hydrogen-bond donors (Lipinski definition) is 0. The Morgan fingerprint density at radius 1 is 1.17 bits per heavy atom. The Bertz CT molecular complexity index is 382. The maximum Gasteiger partial charge on any atom is 0.0282 e. The van der Waals surface area contributed by atoms with E-state index in [0.717, 1.165) is 13.0 Å². The lowest BCUT2D eigenvalue weighted by Gasteiger charge is -2.40. The molecule has 0 amide bonds. The largest absolute Gasteiger partial charge is 0.289 e. The van der Waals surface area contributed by atoms with Crippen LogP contribution in [0, 0.1) is 0 Å². The van der Waals surface area contributed by atoms with Crippen molar-refractivity contribution in [1.29, 1.82) is 0 Å². The predicted octanol–water partition coefficient (Wildman–Crippen LogP) is 4.17. The van der Waals surface area contributed by atoms with E-state index in [1.807, 2.05) is 6.08 Å². The summed E-state index contributed by atoms with van der Waals surface area (Å²) in [4.78, 5) is 2.59. The van der Waals surface area contributed by atoms with Crippen LogP contribution in [0.25, 0.3) is 0 Å².